The second kappa shape index (κ2) is 5.33. The van der Waals surface area contributed by atoms with Gasteiger partial charge in [-0.15, -0.1) is 0 Å². The minimum atomic E-state index is -0.402. The van der Waals surface area contributed by atoms with Crippen molar-refractivity contribution in [3.63, 3.8) is 0 Å². The summed E-state index contributed by atoms with van der Waals surface area (Å²) < 4.78 is 14.0. The van der Waals surface area contributed by atoms with Gasteiger partial charge in [0.05, 0.1) is 22.9 Å². The molecule has 3 rings (SSSR count). The van der Waals surface area contributed by atoms with Gasteiger partial charge in [0.1, 0.15) is 5.82 Å². The Morgan fingerprint density at radius 3 is 2.64 bits per heavy atom. The second-order valence-corrected chi connectivity index (χ2v) is 6.16. The van der Waals surface area contributed by atoms with Crippen LogP contribution in [0.2, 0.25) is 0 Å². The van der Waals surface area contributed by atoms with E-state index in [9.17, 15) is 4.39 Å². The number of hydrogen-bond donors (Lipinski definition) is 1. The van der Waals surface area contributed by atoms with E-state index in [0.717, 1.165) is 16.7 Å². The molecule has 0 saturated heterocycles. The predicted molar refractivity (Wildman–Crippen MR) is 85.7 cm³/mol. The molecule has 0 aromatic carbocycles. The zero-order valence-electron chi connectivity index (χ0n) is 12.8. The summed E-state index contributed by atoms with van der Waals surface area (Å²) in [6.07, 6.45) is 2.96. The third-order valence-electron chi connectivity index (χ3n) is 3.34. The fraction of sp³-hybridized carbons (Fsp3) is 0.235. The summed E-state index contributed by atoms with van der Waals surface area (Å²) in [7, 11) is 0. The molecule has 0 aliphatic rings. The normalized spacial score (nSPS) is 11.6. The first-order chi connectivity index (χ1) is 10.4. The first-order valence-electron chi connectivity index (χ1n) is 7.08. The molecule has 0 unspecified atom stereocenters. The van der Waals surface area contributed by atoms with Crippen LogP contribution >= 0.6 is 0 Å². The number of fused-ring (bicyclic) bond motifs is 1. The maximum absolute atomic E-state index is 14.0. The lowest BCUT2D eigenvalue weighted by Gasteiger charge is -2.19. The third kappa shape index (κ3) is 2.88. The highest BCUT2D eigenvalue weighted by atomic mass is 19.1. The highest BCUT2D eigenvalue weighted by molar-refractivity contribution is 5.76. The van der Waals surface area contributed by atoms with Crippen LogP contribution in [0, 0.1) is 5.82 Å². The minimum absolute atomic E-state index is 0.148. The quantitative estimate of drug-likeness (QED) is 0.770. The van der Waals surface area contributed by atoms with E-state index in [4.69, 9.17) is 0 Å². The molecular weight excluding hydrogens is 279 g/mol. The smallest absolute Gasteiger partial charge is 0.164 e. The van der Waals surface area contributed by atoms with Gasteiger partial charge < -0.3 is 5.32 Å². The SMILES string of the molecule is CC(C)(C)c1cc(Nc2ccc3ncccc3n2)c(F)cn1. The van der Waals surface area contributed by atoms with Crippen LogP contribution in [0.1, 0.15) is 26.5 Å². The van der Waals surface area contributed by atoms with Gasteiger partial charge in [0.2, 0.25) is 0 Å². The summed E-state index contributed by atoms with van der Waals surface area (Å²) in [6, 6.07) is 9.06. The van der Waals surface area contributed by atoms with Crippen molar-refractivity contribution in [2.45, 2.75) is 26.2 Å². The molecule has 5 heteroatoms. The third-order valence-corrected chi connectivity index (χ3v) is 3.34. The lowest BCUT2D eigenvalue weighted by atomic mass is 9.91. The highest BCUT2D eigenvalue weighted by Gasteiger charge is 2.17. The Kier molecular flexibility index (Phi) is 3.48. The Balaban J connectivity index is 1.97. The van der Waals surface area contributed by atoms with E-state index in [2.05, 4.69) is 20.3 Å². The minimum Gasteiger partial charge on any atom is -0.338 e. The number of hydrogen-bond acceptors (Lipinski definition) is 4. The largest absolute Gasteiger partial charge is 0.338 e. The molecule has 1 N–H and O–H groups in total. The molecule has 22 heavy (non-hydrogen) atoms. The molecule has 0 atom stereocenters. The zero-order chi connectivity index (χ0) is 15.7. The molecule has 0 aliphatic carbocycles. The van der Waals surface area contributed by atoms with Crippen molar-refractivity contribution < 1.29 is 4.39 Å². The van der Waals surface area contributed by atoms with Gasteiger partial charge in [-0.2, -0.15) is 0 Å². The molecular formula is C17H17FN4. The maximum Gasteiger partial charge on any atom is 0.164 e. The van der Waals surface area contributed by atoms with E-state index in [0.29, 0.717) is 11.5 Å². The fourth-order valence-electron chi connectivity index (χ4n) is 2.11. The van der Waals surface area contributed by atoms with Crippen LogP contribution in [-0.4, -0.2) is 15.0 Å². The van der Waals surface area contributed by atoms with E-state index in [-0.39, 0.29) is 5.41 Å². The lowest BCUT2D eigenvalue weighted by molar-refractivity contribution is 0.559. The van der Waals surface area contributed by atoms with Crippen LogP contribution in [0.25, 0.3) is 11.0 Å². The van der Waals surface area contributed by atoms with Gasteiger partial charge in [0.15, 0.2) is 5.82 Å². The topological polar surface area (TPSA) is 50.7 Å². The molecule has 0 bridgehead atoms. The Morgan fingerprint density at radius 1 is 1.05 bits per heavy atom. The zero-order valence-corrected chi connectivity index (χ0v) is 12.8. The first-order valence-corrected chi connectivity index (χ1v) is 7.08. The molecule has 0 spiro atoms. The predicted octanol–water partition coefficient (Wildman–Crippen LogP) is 4.21. The highest BCUT2D eigenvalue weighted by Crippen LogP contribution is 2.26. The summed E-state index contributed by atoms with van der Waals surface area (Å²) in [5.74, 6) is 0.173. The van der Waals surface area contributed by atoms with Crippen LogP contribution in [0.3, 0.4) is 0 Å². The van der Waals surface area contributed by atoms with E-state index in [1.807, 2.05) is 39.0 Å². The van der Waals surface area contributed by atoms with Crippen molar-refractivity contribution in [1.29, 1.82) is 0 Å². The van der Waals surface area contributed by atoms with Crippen molar-refractivity contribution >= 4 is 22.5 Å². The van der Waals surface area contributed by atoms with Crippen LogP contribution in [-0.2, 0) is 5.41 Å². The molecule has 0 fully saturated rings. The molecule has 0 aliphatic heterocycles. The van der Waals surface area contributed by atoms with Crippen LogP contribution in [0.15, 0.2) is 42.7 Å². The molecule has 4 nitrogen and oxygen atoms in total. The summed E-state index contributed by atoms with van der Waals surface area (Å²) in [4.78, 5) is 12.8. The van der Waals surface area contributed by atoms with E-state index in [1.54, 1.807) is 18.3 Å². The summed E-state index contributed by atoms with van der Waals surface area (Å²) >= 11 is 0. The van der Waals surface area contributed by atoms with Crippen LogP contribution in [0.4, 0.5) is 15.9 Å². The number of anilines is 2. The maximum atomic E-state index is 14.0. The van der Waals surface area contributed by atoms with Gasteiger partial charge in [0.25, 0.3) is 0 Å². The van der Waals surface area contributed by atoms with E-state index >= 15 is 0 Å². The second-order valence-electron chi connectivity index (χ2n) is 6.16. The summed E-state index contributed by atoms with van der Waals surface area (Å²) in [5, 5.41) is 3.02. The van der Waals surface area contributed by atoms with Crippen molar-refractivity contribution in [2.75, 3.05) is 5.32 Å². The van der Waals surface area contributed by atoms with Crippen LogP contribution in [0.5, 0.6) is 0 Å². The summed E-state index contributed by atoms with van der Waals surface area (Å²) in [5.41, 5.74) is 2.61. The Bertz CT molecular complexity index is 824. The number of halogens is 1. The molecule has 0 radical (unpaired) electrons. The standard InChI is InChI=1S/C17H17FN4/c1-17(2,3)15-9-14(11(18)10-20-15)22-16-7-6-12-13(21-16)5-4-8-19-12/h4-10H,1-3H3,(H,20,21,22). The van der Waals surface area contributed by atoms with E-state index < -0.39 is 5.82 Å². The van der Waals surface area contributed by atoms with Gasteiger partial charge in [-0.25, -0.2) is 9.37 Å². The lowest BCUT2D eigenvalue weighted by Crippen LogP contribution is -2.14. The number of rotatable bonds is 2. The molecule has 3 aromatic rings. The molecule has 0 amide bonds. The van der Waals surface area contributed by atoms with Crippen molar-refractivity contribution in [2.24, 2.45) is 0 Å². The average molecular weight is 296 g/mol. The number of aromatic nitrogens is 3. The van der Waals surface area contributed by atoms with Gasteiger partial charge in [-0.05, 0) is 30.3 Å². The van der Waals surface area contributed by atoms with Gasteiger partial charge in [0, 0.05) is 17.3 Å². The van der Waals surface area contributed by atoms with Gasteiger partial charge >= 0.3 is 0 Å². The van der Waals surface area contributed by atoms with Gasteiger partial charge in [-0.3, -0.25) is 9.97 Å². The Hall–Kier alpha value is -2.56. The van der Waals surface area contributed by atoms with Crippen LogP contribution < -0.4 is 5.32 Å². The molecule has 3 heterocycles. The van der Waals surface area contributed by atoms with Crippen molar-refractivity contribution in [1.82, 2.24) is 15.0 Å². The molecule has 0 saturated carbocycles. The average Bonchev–Trinajstić information content (AvgIpc) is 2.48. The number of nitrogens with zero attached hydrogens (tertiary/aromatic N) is 3. The Labute approximate surface area is 128 Å². The van der Waals surface area contributed by atoms with E-state index in [1.165, 1.54) is 6.20 Å². The molecule has 3 aromatic heterocycles. The Morgan fingerprint density at radius 2 is 1.86 bits per heavy atom. The summed E-state index contributed by atoms with van der Waals surface area (Å²) in [6.45, 7) is 6.12. The number of nitrogens with one attached hydrogen (secondary N) is 1. The molecule has 112 valence electrons. The monoisotopic (exact) mass is 296 g/mol. The first kappa shape index (κ1) is 14.4. The van der Waals surface area contributed by atoms with Crippen molar-refractivity contribution in [3.8, 4) is 0 Å². The fourth-order valence-corrected chi connectivity index (χ4v) is 2.11. The van der Waals surface area contributed by atoms with Crippen molar-refractivity contribution in [3.05, 3.63) is 54.2 Å². The van der Waals surface area contributed by atoms with Gasteiger partial charge in [-0.1, -0.05) is 20.8 Å². The number of pyridine rings is 3.